The number of rotatable bonds is 4. The summed E-state index contributed by atoms with van der Waals surface area (Å²) in [5.41, 5.74) is 0. The maximum Gasteiger partial charge on any atom is 0.321 e. The number of urea groups is 1. The average Bonchev–Trinajstić information content (AvgIpc) is 2.83. The Labute approximate surface area is 188 Å². The van der Waals surface area contributed by atoms with Crippen molar-refractivity contribution in [3.05, 3.63) is 24.3 Å². The standard InChI is InChI=1S/C23H32N4O5/c1-16(21(28)25-23(30)24-17-7-3-2-4-8-17)26-11-13-27(14-12-26)22(29)20-15-31-18-9-5-6-10-19(18)32-20/h5-6,9-10,16-17,20H,2-4,7-8,11-15H2,1H3,(H2,24,25,28,30)/t16-,20-/m1/s1. The van der Waals surface area contributed by atoms with Crippen molar-refractivity contribution in [2.75, 3.05) is 32.8 Å². The Morgan fingerprint density at radius 3 is 2.41 bits per heavy atom. The number of fused-ring (bicyclic) bond motifs is 1. The molecule has 0 spiro atoms. The van der Waals surface area contributed by atoms with Crippen molar-refractivity contribution in [1.29, 1.82) is 0 Å². The summed E-state index contributed by atoms with van der Waals surface area (Å²) in [6, 6.07) is 6.59. The van der Waals surface area contributed by atoms with Gasteiger partial charge in [-0.3, -0.25) is 19.8 Å². The van der Waals surface area contributed by atoms with Crippen LogP contribution in [0, 0.1) is 0 Å². The Morgan fingerprint density at radius 2 is 1.69 bits per heavy atom. The van der Waals surface area contributed by atoms with E-state index in [2.05, 4.69) is 10.6 Å². The second-order valence-electron chi connectivity index (χ2n) is 8.70. The molecule has 2 N–H and O–H groups in total. The topological polar surface area (TPSA) is 100 Å². The molecule has 1 aromatic carbocycles. The van der Waals surface area contributed by atoms with Crippen LogP contribution in [0.3, 0.4) is 0 Å². The van der Waals surface area contributed by atoms with Gasteiger partial charge in [-0.05, 0) is 31.9 Å². The molecule has 0 radical (unpaired) electrons. The fourth-order valence-corrected chi connectivity index (χ4v) is 4.53. The lowest BCUT2D eigenvalue weighted by Gasteiger charge is -2.39. The Balaban J connectivity index is 1.22. The fourth-order valence-electron chi connectivity index (χ4n) is 4.53. The van der Waals surface area contributed by atoms with Crippen LogP contribution in [0.4, 0.5) is 4.79 Å². The number of imide groups is 1. The van der Waals surface area contributed by atoms with Gasteiger partial charge in [-0.2, -0.15) is 0 Å². The summed E-state index contributed by atoms with van der Waals surface area (Å²) < 4.78 is 11.5. The molecule has 2 aliphatic heterocycles. The van der Waals surface area contributed by atoms with Crippen molar-refractivity contribution in [2.24, 2.45) is 0 Å². The highest BCUT2D eigenvalue weighted by molar-refractivity contribution is 5.96. The number of benzene rings is 1. The summed E-state index contributed by atoms with van der Waals surface area (Å²) in [4.78, 5) is 41.3. The largest absolute Gasteiger partial charge is 0.485 e. The highest BCUT2D eigenvalue weighted by Crippen LogP contribution is 2.31. The van der Waals surface area contributed by atoms with Crippen LogP contribution >= 0.6 is 0 Å². The van der Waals surface area contributed by atoms with Gasteiger partial charge in [0.1, 0.15) is 6.61 Å². The molecule has 2 fully saturated rings. The van der Waals surface area contributed by atoms with Crippen LogP contribution in [-0.2, 0) is 9.59 Å². The van der Waals surface area contributed by atoms with Crippen molar-refractivity contribution in [1.82, 2.24) is 20.4 Å². The van der Waals surface area contributed by atoms with Crippen molar-refractivity contribution in [3.63, 3.8) is 0 Å². The third-order valence-electron chi connectivity index (χ3n) is 6.51. The van der Waals surface area contributed by atoms with Crippen LogP contribution in [0.2, 0.25) is 0 Å². The number of carbonyl (C=O) groups excluding carboxylic acids is 3. The third kappa shape index (κ3) is 5.32. The van der Waals surface area contributed by atoms with Crippen molar-refractivity contribution in [2.45, 2.75) is 57.2 Å². The smallest absolute Gasteiger partial charge is 0.321 e. The molecule has 1 saturated carbocycles. The monoisotopic (exact) mass is 444 g/mol. The maximum atomic E-state index is 12.9. The van der Waals surface area contributed by atoms with Crippen molar-refractivity contribution >= 4 is 17.8 Å². The molecule has 2 heterocycles. The predicted molar refractivity (Wildman–Crippen MR) is 118 cm³/mol. The quantitative estimate of drug-likeness (QED) is 0.730. The Bertz CT molecular complexity index is 833. The zero-order valence-electron chi connectivity index (χ0n) is 18.5. The SMILES string of the molecule is C[C@H](C(=O)NC(=O)NC1CCCCC1)N1CCN(C(=O)[C@H]2COc3ccccc3O2)CC1. The first kappa shape index (κ1) is 22.4. The van der Waals surface area contributed by atoms with E-state index in [1.54, 1.807) is 17.9 Å². The van der Waals surface area contributed by atoms with E-state index < -0.39 is 18.2 Å². The number of nitrogens with one attached hydrogen (secondary N) is 2. The van der Waals surface area contributed by atoms with Crippen LogP contribution in [0.15, 0.2) is 24.3 Å². The van der Waals surface area contributed by atoms with Crippen LogP contribution in [0.5, 0.6) is 11.5 Å². The molecule has 32 heavy (non-hydrogen) atoms. The molecule has 174 valence electrons. The predicted octanol–water partition coefficient (Wildman–Crippen LogP) is 1.52. The van der Waals surface area contributed by atoms with Crippen LogP contribution < -0.4 is 20.1 Å². The number of amides is 4. The Morgan fingerprint density at radius 1 is 1.00 bits per heavy atom. The Hall–Kier alpha value is -2.81. The van der Waals surface area contributed by atoms with Gasteiger partial charge in [0.05, 0.1) is 6.04 Å². The summed E-state index contributed by atoms with van der Waals surface area (Å²) in [5.74, 6) is 0.795. The molecule has 2 atom stereocenters. The summed E-state index contributed by atoms with van der Waals surface area (Å²) in [7, 11) is 0. The second-order valence-corrected chi connectivity index (χ2v) is 8.70. The molecule has 3 aliphatic rings. The summed E-state index contributed by atoms with van der Waals surface area (Å²) in [5, 5.41) is 5.38. The third-order valence-corrected chi connectivity index (χ3v) is 6.51. The lowest BCUT2D eigenvalue weighted by Crippen LogP contribution is -2.58. The fraction of sp³-hybridized carbons (Fsp3) is 0.609. The lowest BCUT2D eigenvalue weighted by molar-refractivity contribution is -0.143. The van der Waals surface area contributed by atoms with E-state index in [1.165, 1.54) is 6.42 Å². The minimum absolute atomic E-state index is 0.108. The van der Waals surface area contributed by atoms with E-state index in [9.17, 15) is 14.4 Å². The van der Waals surface area contributed by atoms with E-state index in [-0.39, 0.29) is 24.5 Å². The summed E-state index contributed by atoms with van der Waals surface area (Å²) in [6.07, 6.45) is 4.70. The van der Waals surface area contributed by atoms with E-state index >= 15 is 0 Å². The van der Waals surface area contributed by atoms with Gasteiger partial charge >= 0.3 is 6.03 Å². The molecular formula is C23H32N4O5. The van der Waals surface area contributed by atoms with Gasteiger partial charge < -0.3 is 19.7 Å². The molecule has 4 rings (SSSR count). The second kappa shape index (κ2) is 10.2. The van der Waals surface area contributed by atoms with Gasteiger partial charge in [-0.1, -0.05) is 31.4 Å². The molecule has 9 heteroatoms. The highest BCUT2D eigenvalue weighted by atomic mass is 16.6. The van der Waals surface area contributed by atoms with E-state index in [1.807, 2.05) is 23.1 Å². The molecule has 0 unspecified atom stereocenters. The minimum atomic E-state index is -0.666. The van der Waals surface area contributed by atoms with Crippen LogP contribution in [-0.4, -0.2) is 78.6 Å². The first-order chi connectivity index (χ1) is 15.5. The average molecular weight is 445 g/mol. The summed E-state index contributed by atoms with van der Waals surface area (Å²) >= 11 is 0. The van der Waals surface area contributed by atoms with E-state index in [0.29, 0.717) is 37.7 Å². The normalized spacial score (nSPS) is 22.7. The minimum Gasteiger partial charge on any atom is -0.485 e. The number of ether oxygens (including phenoxy) is 2. The van der Waals surface area contributed by atoms with Crippen molar-refractivity contribution in [3.8, 4) is 11.5 Å². The van der Waals surface area contributed by atoms with E-state index in [0.717, 1.165) is 25.7 Å². The molecule has 0 bridgehead atoms. The number of hydrogen-bond acceptors (Lipinski definition) is 6. The highest BCUT2D eigenvalue weighted by Gasteiger charge is 2.34. The first-order valence-electron chi connectivity index (χ1n) is 11.5. The molecule has 4 amide bonds. The number of nitrogens with zero attached hydrogens (tertiary/aromatic N) is 2. The number of piperazine rings is 1. The van der Waals surface area contributed by atoms with Gasteiger partial charge in [-0.25, -0.2) is 4.79 Å². The van der Waals surface area contributed by atoms with Gasteiger partial charge in [0.2, 0.25) is 12.0 Å². The number of hydrogen-bond donors (Lipinski definition) is 2. The molecule has 0 aromatic heterocycles. The van der Waals surface area contributed by atoms with Crippen LogP contribution in [0.25, 0.3) is 0 Å². The number of para-hydroxylation sites is 2. The molecule has 1 aliphatic carbocycles. The van der Waals surface area contributed by atoms with Gasteiger partial charge in [-0.15, -0.1) is 0 Å². The maximum absolute atomic E-state index is 12.9. The van der Waals surface area contributed by atoms with Gasteiger partial charge in [0, 0.05) is 32.2 Å². The van der Waals surface area contributed by atoms with Gasteiger partial charge in [0.25, 0.3) is 5.91 Å². The zero-order valence-corrected chi connectivity index (χ0v) is 18.5. The summed E-state index contributed by atoms with van der Waals surface area (Å²) in [6.45, 7) is 4.06. The van der Waals surface area contributed by atoms with E-state index in [4.69, 9.17) is 9.47 Å². The first-order valence-corrected chi connectivity index (χ1v) is 11.5. The van der Waals surface area contributed by atoms with Crippen molar-refractivity contribution < 1.29 is 23.9 Å². The van der Waals surface area contributed by atoms with Gasteiger partial charge in [0.15, 0.2) is 11.5 Å². The molecule has 1 aromatic rings. The molecule has 1 saturated heterocycles. The Kier molecular flexibility index (Phi) is 7.14. The van der Waals surface area contributed by atoms with Crippen LogP contribution in [0.1, 0.15) is 39.0 Å². The zero-order chi connectivity index (χ0) is 22.5. The lowest BCUT2D eigenvalue weighted by atomic mass is 9.96. The number of carbonyl (C=O) groups is 3. The molecular weight excluding hydrogens is 412 g/mol. The molecule has 9 nitrogen and oxygen atoms in total.